The second-order valence-corrected chi connectivity index (χ2v) is 6.97. The van der Waals surface area contributed by atoms with Crippen molar-refractivity contribution in [3.05, 3.63) is 77.9 Å². The third-order valence-electron chi connectivity index (χ3n) is 5.39. The molecule has 0 unspecified atom stereocenters. The summed E-state index contributed by atoms with van der Waals surface area (Å²) in [4.78, 5) is 12.6. The maximum absolute atomic E-state index is 12.6. The second kappa shape index (κ2) is 6.85. The van der Waals surface area contributed by atoms with E-state index in [1.165, 1.54) is 0 Å². The molecule has 0 aliphatic carbocycles. The number of benzene rings is 2. The van der Waals surface area contributed by atoms with Gasteiger partial charge < -0.3 is 9.47 Å². The van der Waals surface area contributed by atoms with E-state index in [1.807, 2.05) is 36.4 Å². The molecule has 0 bridgehead atoms. The van der Waals surface area contributed by atoms with Crippen LogP contribution in [0.25, 0.3) is 6.08 Å². The van der Waals surface area contributed by atoms with Crippen LogP contribution in [0, 0.1) is 17.3 Å². The molecule has 3 heteroatoms. The third kappa shape index (κ3) is 3.12. The predicted molar refractivity (Wildman–Crippen MR) is 96.8 cm³/mol. The van der Waals surface area contributed by atoms with Crippen LogP contribution < -0.4 is 0 Å². The van der Waals surface area contributed by atoms with Crippen LogP contribution >= 0.6 is 0 Å². The van der Waals surface area contributed by atoms with E-state index in [9.17, 15) is 4.79 Å². The maximum Gasteiger partial charge on any atom is 0.315 e. The van der Waals surface area contributed by atoms with Crippen LogP contribution in [0.2, 0.25) is 0 Å². The van der Waals surface area contributed by atoms with Crippen molar-refractivity contribution in [2.24, 2.45) is 17.3 Å². The van der Waals surface area contributed by atoms with E-state index >= 15 is 0 Å². The lowest BCUT2D eigenvalue weighted by atomic mass is 9.67. The van der Waals surface area contributed by atoms with Gasteiger partial charge in [0.05, 0.1) is 19.8 Å². The van der Waals surface area contributed by atoms with Gasteiger partial charge in [-0.05, 0) is 17.5 Å². The monoisotopic (exact) mass is 334 g/mol. The standard InChI is InChI=1S/C22H22O3/c23-21-22(13-18-9-5-2-6-10-18)16-24-14-19(20(22)15-25-21)12-11-17-7-3-1-4-8-17/h1-12,19-20H,13-16H2/b12-11+/t19-,20+,22-/m1/s1. The van der Waals surface area contributed by atoms with E-state index in [-0.39, 0.29) is 17.8 Å². The van der Waals surface area contributed by atoms with Crippen molar-refractivity contribution in [3.8, 4) is 0 Å². The summed E-state index contributed by atoms with van der Waals surface area (Å²) >= 11 is 0. The second-order valence-electron chi connectivity index (χ2n) is 6.97. The summed E-state index contributed by atoms with van der Waals surface area (Å²) in [5, 5.41) is 0. The minimum absolute atomic E-state index is 0.112. The molecule has 2 aliphatic heterocycles. The van der Waals surface area contributed by atoms with Crippen LogP contribution in [0.1, 0.15) is 11.1 Å². The topological polar surface area (TPSA) is 35.5 Å². The Morgan fingerprint density at radius 2 is 1.72 bits per heavy atom. The highest BCUT2D eigenvalue weighted by molar-refractivity contribution is 5.80. The summed E-state index contributed by atoms with van der Waals surface area (Å²) in [5.74, 6) is 0.234. The van der Waals surface area contributed by atoms with Crippen LogP contribution in [-0.4, -0.2) is 25.8 Å². The van der Waals surface area contributed by atoms with Gasteiger partial charge in [0.25, 0.3) is 0 Å². The summed E-state index contributed by atoms with van der Waals surface area (Å²) in [6, 6.07) is 20.4. The SMILES string of the molecule is O=C1OC[C@H]2[C@H](/C=C/c3ccccc3)COC[C@@]12Cc1ccccc1. The lowest BCUT2D eigenvalue weighted by molar-refractivity contribution is -0.153. The zero-order valence-electron chi connectivity index (χ0n) is 14.1. The van der Waals surface area contributed by atoms with E-state index in [1.54, 1.807) is 0 Å². The van der Waals surface area contributed by atoms with Gasteiger partial charge in [-0.15, -0.1) is 0 Å². The van der Waals surface area contributed by atoms with Crippen LogP contribution in [0.5, 0.6) is 0 Å². The highest BCUT2D eigenvalue weighted by atomic mass is 16.5. The molecule has 2 aromatic rings. The van der Waals surface area contributed by atoms with E-state index < -0.39 is 5.41 Å². The van der Waals surface area contributed by atoms with Crippen molar-refractivity contribution in [1.29, 1.82) is 0 Å². The van der Waals surface area contributed by atoms with Crippen molar-refractivity contribution < 1.29 is 14.3 Å². The Hall–Kier alpha value is -2.39. The summed E-state index contributed by atoms with van der Waals surface area (Å²) in [5.41, 5.74) is 1.75. The molecule has 0 spiro atoms. The number of carbonyl (C=O) groups is 1. The van der Waals surface area contributed by atoms with Crippen molar-refractivity contribution in [1.82, 2.24) is 0 Å². The first-order valence-electron chi connectivity index (χ1n) is 8.80. The molecule has 2 heterocycles. The predicted octanol–water partition coefficient (Wildman–Crippen LogP) is 3.75. The molecule has 2 aliphatic rings. The molecule has 25 heavy (non-hydrogen) atoms. The zero-order chi connectivity index (χ0) is 17.1. The third-order valence-corrected chi connectivity index (χ3v) is 5.39. The molecule has 3 nitrogen and oxygen atoms in total. The Labute approximate surface area is 148 Å². The average molecular weight is 334 g/mol. The van der Waals surface area contributed by atoms with Gasteiger partial charge in [-0.25, -0.2) is 0 Å². The molecule has 0 N–H and O–H groups in total. The first-order chi connectivity index (χ1) is 12.3. The summed E-state index contributed by atoms with van der Waals surface area (Å²) in [7, 11) is 0. The van der Waals surface area contributed by atoms with Crippen molar-refractivity contribution in [2.45, 2.75) is 6.42 Å². The summed E-state index contributed by atoms with van der Waals surface area (Å²) in [6.07, 6.45) is 4.98. The Bertz CT molecular complexity index is 753. The number of rotatable bonds is 4. The molecule has 0 radical (unpaired) electrons. The van der Waals surface area contributed by atoms with E-state index in [2.05, 4.69) is 36.4 Å². The van der Waals surface area contributed by atoms with Gasteiger partial charge in [0, 0.05) is 11.8 Å². The van der Waals surface area contributed by atoms with Gasteiger partial charge in [0.2, 0.25) is 0 Å². The molecule has 2 aromatic carbocycles. The first kappa shape index (κ1) is 16.1. The van der Waals surface area contributed by atoms with Crippen molar-refractivity contribution in [2.75, 3.05) is 19.8 Å². The Morgan fingerprint density at radius 3 is 2.48 bits per heavy atom. The zero-order valence-corrected chi connectivity index (χ0v) is 14.1. The fraction of sp³-hybridized carbons (Fsp3) is 0.318. The van der Waals surface area contributed by atoms with Crippen LogP contribution in [0.15, 0.2) is 66.7 Å². The highest BCUT2D eigenvalue weighted by Gasteiger charge is 2.56. The van der Waals surface area contributed by atoms with Gasteiger partial charge in [-0.2, -0.15) is 0 Å². The van der Waals surface area contributed by atoms with Crippen molar-refractivity contribution >= 4 is 12.0 Å². The molecule has 4 rings (SSSR count). The smallest absolute Gasteiger partial charge is 0.315 e. The number of hydrogen-bond acceptors (Lipinski definition) is 3. The molecule has 3 atom stereocenters. The van der Waals surface area contributed by atoms with Crippen LogP contribution in [0.4, 0.5) is 0 Å². The first-order valence-corrected chi connectivity index (χ1v) is 8.80. The molecule has 2 fully saturated rings. The minimum Gasteiger partial charge on any atom is -0.465 e. The van der Waals surface area contributed by atoms with Gasteiger partial charge in [0.15, 0.2) is 0 Å². The normalized spacial score (nSPS) is 28.7. The Balaban J connectivity index is 1.59. The van der Waals surface area contributed by atoms with Gasteiger partial charge >= 0.3 is 5.97 Å². The number of hydrogen-bond donors (Lipinski definition) is 0. The number of fused-ring (bicyclic) bond motifs is 1. The van der Waals surface area contributed by atoms with Crippen LogP contribution in [-0.2, 0) is 20.7 Å². The van der Waals surface area contributed by atoms with Crippen LogP contribution in [0.3, 0.4) is 0 Å². The molecular weight excluding hydrogens is 312 g/mol. The largest absolute Gasteiger partial charge is 0.465 e. The Morgan fingerprint density at radius 1 is 1.00 bits per heavy atom. The highest BCUT2D eigenvalue weighted by Crippen LogP contribution is 2.46. The number of cyclic esters (lactones) is 1. The van der Waals surface area contributed by atoms with Crippen molar-refractivity contribution in [3.63, 3.8) is 0 Å². The number of esters is 1. The summed E-state index contributed by atoms with van der Waals surface area (Å²) < 4.78 is 11.4. The fourth-order valence-corrected chi connectivity index (χ4v) is 4.02. The number of ether oxygens (including phenoxy) is 2. The molecule has 0 saturated carbocycles. The number of carbonyl (C=O) groups excluding carboxylic acids is 1. The van der Waals surface area contributed by atoms with Gasteiger partial charge in [-0.1, -0.05) is 72.8 Å². The molecule has 0 aromatic heterocycles. The minimum atomic E-state index is -0.564. The van der Waals surface area contributed by atoms with Gasteiger partial charge in [0.1, 0.15) is 5.41 Å². The Kier molecular flexibility index (Phi) is 4.41. The fourth-order valence-electron chi connectivity index (χ4n) is 4.02. The van der Waals surface area contributed by atoms with Gasteiger partial charge in [-0.3, -0.25) is 4.79 Å². The van der Waals surface area contributed by atoms with E-state index in [0.717, 1.165) is 11.1 Å². The van der Waals surface area contributed by atoms with E-state index in [4.69, 9.17) is 9.47 Å². The quantitative estimate of drug-likeness (QED) is 0.799. The molecule has 0 amide bonds. The average Bonchev–Trinajstić information content (AvgIpc) is 2.99. The molecular formula is C22H22O3. The summed E-state index contributed by atoms with van der Waals surface area (Å²) in [6.45, 7) is 1.57. The molecule has 2 saturated heterocycles. The lowest BCUT2D eigenvalue weighted by Crippen LogP contribution is -2.48. The maximum atomic E-state index is 12.6. The molecule has 128 valence electrons. The lowest BCUT2D eigenvalue weighted by Gasteiger charge is -2.39. The van der Waals surface area contributed by atoms with E-state index in [0.29, 0.717) is 26.2 Å².